The van der Waals surface area contributed by atoms with E-state index in [0.717, 1.165) is 5.69 Å². The summed E-state index contributed by atoms with van der Waals surface area (Å²) in [6, 6.07) is 8.80. The maximum absolute atomic E-state index is 11.1. The molecule has 2 aromatic heterocycles. The van der Waals surface area contributed by atoms with Crippen LogP contribution in [-0.2, 0) is 6.54 Å². The zero-order chi connectivity index (χ0) is 13.8. The molecule has 0 atom stereocenters. The molecule has 0 bridgehead atoms. The second-order valence-electron chi connectivity index (χ2n) is 4.15. The van der Waals surface area contributed by atoms with Crippen LogP contribution in [0, 0.1) is 0 Å². The van der Waals surface area contributed by atoms with E-state index in [0.29, 0.717) is 18.1 Å². The summed E-state index contributed by atoms with van der Waals surface area (Å²) in [4.78, 5) is 21.4. The number of nitrogen functional groups attached to an aromatic ring is 1. The van der Waals surface area contributed by atoms with Gasteiger partial charge >= 0.3 is 0 Å². The fraction of sp³-hybridized carbons (Fsp3) is 0.154. The van der Waals surface area contributed by atoms with Crippen LogP contribution in [0.3, 0.4) is 0 Å². The molecule has 2 aromatic rings. The van der Waals surface area contributed by atoms with E-state index < -0.39 is 5.91 Å². The van der Waals surface area contributed by atoms with Crippen molar-refractivity contribution >= 4 is 17.4 Å². The maximum atomic E-state index is 11.1. The van der Waals surface area contributed by atoms with Crippen LogP contribution in [0.4, 0.5) is 11.5 Å². The van der Waals surface area contributed by atoms with Crippen molar-refractivity contribution in [2.75, 3.05) is 17.7 Å². The lowest BCUT2D eigenvalue weighted by molar-refractivity contribution is 0.0995. The van der Waals surface area contributed by atoms with Gasteiger partial charge in [-0.15, -0.1) is 0 Å². The molecule has 0 fully saturated rings. The highest BCUT2D eigenvalue weighted by Gasteiger charge is 2.11. The first-order chi connectivity index (χ1) is 9.08. The minimum Gasteiger partial charge on any atom is -0.396 e. The largest absolute Gasteiger partial charge is 0.396 e. The Bertz CT molecular complexity index is 585. The van der Waals surface area contributed by atoms with Gasteiger partial charge in [0.2, 0.25) is 0 Å². The van der Waals surface area contributed by atoms with Crippen LogP contribution in [0.1, 0.15) is 16.2 Å². The van der Waals surface area contributed by atoms with Crippen LogP contribution in [-0.4, -0.2) is 22.9 Å². The van der Waals surface area contributed by atoms with E-state index in [1.807, 2.05) is 30.1 Å². The molecule has 0 radical (unpaired) electrons. The van der Waals surface area contributed by atoms with Crippen LogP contribution in [0.25, 0.3) is 0 Å². The van der Waals surface area contributed by atoms with Crippen molar-refractivity contribution in [1.82, 2.24) is 9.97 Å². The summed E-state index contributed by atoms with van der Waals surface area (Å²) in [5, 5.41) is 0. The molecule has 0 saturated heterocycles. The van der Waals surface area contributed by atoms with Gasteiger partial charge in [0.15, 0.2) is 5.82 Å². The van der Waals surface area contributed by atoms with Gasteiger partial charge in [-0.3, -0.25) is 9.78 Å². The number of carbonyl (C=O) groups is 1. The van der Waals surface area contributed by atoms with Gasteiger partial charge in [-0.2, -0.15) is 0 Å². The fourth-order valence-corrected chi connectivity index (χ4v) is 1.71. The lowest BCUT2D eigenvalue weighted by atomic mass is 10.3. The summed E-state index contributed by atoms with van der Waals surface area (Å²) in [5.74, 6) is -0.0607. The van der Waals surface area contributed by atoms with E-state index in [4.69, 9.17) is 11.5 Å². The van der Waals surface area contributed by atoms with Crippen LogP contribution in [0.5, 0.6) is 0 Å². The molecule has 1 amide bonds. The predicted octanol–water partition coefficient (Wildman–Crippen LogP) is 0.794. The summed E-state index contributed by atoms with van der Waals surface area (Å²) in [6.07, 6.45) is 1.72. The smallest absolute Gasteiger partial charge is 0.267 e. The number of nitrogens with zero attached hydrogens (tertiary/aromatic N) is 3. The van der Waals surface area contributed by atoms with Crippen molar-refractivity contribution in [3.8, 4) is 0 Å². The van der Waals surface area contributed by atoms with Crippen LogP contribution in [0.2, 0.25) is 0 Å². The highest BCUT2D eigenvalue weighted by atomic mass is 16.1. The maximum Gasteiger partial charge on any atom is 0.267 e. The molecule has 0 spiro atoms. The first-order valence-electron chi connectivity index (χ1n) is 5.75. The van der Waals surface area contributed by atoms with Crippen molar-refractivity contribution in [1.29, 1.82) is 0 Å². The molecular formula is C13H15N5O. The molecule has 4 N–H and O–H groups in total. The fourth-order valence-electron chi connectivity index (χ4n) is 1.71. The minimum absolute atomic E-state index is 0.192. The number of nitrogens with two attached hydrogens (primary N) is 2. The second kappa shape index (κ2) is 5.34. The number of carbonyl (C=O) groups excluding carboxylic acids is 1. The Hall–Kier alpha value is -2.63. The Morgan fingerprint density at radius 2 is 2.11 bits per heavy atom. The normalized spacial score (nSPS) is 10.2. The summed E-state index contributed by atoms with van der Waals surface area (Å²) < 4.78 is 0. The van der Waals surface area contributed by atoms with E-state index in [2.05, 4.69) is 9.97 Å². The van der Waals surface area contributed by atoms with Gasteiger partial charge in [-0.25, -0.2) is 4.98 Å². The van der Waals surface area contributed by atoms with Crippen LogP contribution < -0.4 is 16.4 Å². The Kier molecular flexibility index (Phi) is 3.61. The van der Waals surface area contributed by atoms with Crippen molar-refractivity contribution < 1.29 is 4.79 Å². The standard InChI is InChI=1S/C13H15N5O/c1-18(8-9-4-2-3-7-16-9)13-10(14)5-6-11(17-13)12(15)19/h2-7H,8,14H2,1H3,(H2,15,19). The van der Waals surface area contributed by atoms with Gasteiger partial charge < -0.3 is 16.4 Å². The van der Waals surface area contributed by atoms with Crippen molar-refractivity contribution in [3.05, 3.63) is 47.9 Å². The number of pyridine rings is 2. The Morgan fingerprint density at radius 3 is 2.74 bits per heavy atom. The summed E-state index contributed by atoms with van der Waals surface area (Å²) in [7, 11) is 1.83. The summed E-state index contributed by atoms with van der Waals surface area (Å²) >= 11 is 0. The number of anilines is 2. The number of hydrogen-bond donors (Lipinski definition) is 2. The van der Waals surface area contributed by atoms with E-state index in [1.54, 1.807) is 12.3 Å². The number of primary amides is 1. The number of aromatic nitrogens is 2. The number of rotatable bonds is 4. The van der Waals surface area contributed by atoms with Gasteiger partial charge in [-0.05, 0) is 24.3 Å². The molecule has 2 heterocycles. The molecule has 0 aliphatic heterocycles. The molecule has 19 heavy (non-hydrogen) atoms. The number of amides is 1. The van der Waals surface area contributed by atoms with Crippen molar-refractivity contribution in [2.24, 2.45) is 5.73 Å². The average molecular weight is 257 g/mol. The molecule has 6 nitrogen and oxygen atoms in total. The molecule has 6 heteroatoms. The summed E-state index contributed by atoms with van der Waals surface area (Å²) in [5.41, 5.74) is 12.6. The molecule has 98 valence electrons. The zero-order valence-electron chi connectivity index (χ0n) is 10.6. The summed E-state index contributed by atoms with van der Waals surface area (Å²) in [6.45, 7) is 0.542. The monoisotopic (exact) mass is 257 g/mol. The van der Waals surface area contributed by atoms with E-state index in [1.165, 1.54) is 6.07 Å². The third-order valence-corrected chi connectivity index (χ3v) is 2.64. The van der Waals surface area contributed by atoms with Gasteiger partial charge in [0.25, 0.3) is 5.91 Å². The molecule has 0 unspecified atom stereocenters. The minimum atomic E-state index is -0.576. The topological polar surface area (TPSA) is 98.1 Å². The van der Waals surface area contributed by atoms with Crippen LogP contribution >= 0.6 is 0 Å². The second-order valence-corrected chi connectivity index (χ2v) is 4.15. The van der Waals surface area contributed by atoms with Gasteiger partial charge in [0.05, 0.1) is 17.9 Å². The quantitative estimate of drug-likeness (QED) is 0.844. The molecule has 0 aliphatic carbocycles. The predicted molar refractivity (Wildman–Crippen MR) is 73.5 cm³/mol. The van der Waals surface area contributed by atoms with Gasteiger partial charge in [-0.1, -0.05) is 6.07 Å². The van der Waals surface area contributed by atoms with Crippen LogP contribution in [0.15, 0.2) is 36.5 Å². The molecule has 2 rings (SSSR count). The molecule has 0 aliphatic rings. The first-order valence-corrected chi connectivity index (χ1v) is 5.75. The molecular weight excluding hydrogens is 242 g/mol. The van der Waals surface area contributed by atoms with Crippen molar-refractivity contribution in [2.45, 2.75) is 6.54 Å². The lowest BCUT2D eigenvalue weighted by Crippen LogP contribution is -2.22. The van der Waals surface area contributed by atoms with E-state index in [9.17, 15) is 4.79 Å². The third kappa shape index (κ3) is 2.98. The van der Waals surface area contributed by atoms with Gasteiger partial charge in [0.1, 0.15) is 5.69 Å². The number of hydrogen-bond acceptors (Lipinski definition) is 5. The molecule has 0 aromatic carbocycles. The highest BCUT2D eigenvalue weighted by molar-refractivity contribution is 5.91. The highest BCUT2D eigenvalue weighted by Crippen LogP contribution is 2.20. The average Bonchev–Trinajstić information content (AvgIpc) is 2.40. The lowest BCUT2D eigenvalue weighted by Gasteiger charge is -2.19. The first kappa shape index (κ1) is 12.8. The van der Waals surface area contributed by atoms with E-state index in [-0.39, 0.29) is 5.69 Å². The molecule has 0 saturated carbocycles. The SMILES string of the molecule is CN(Cc1ccccn1)c1nc(C(N)=O)ccc1N. The van der Waals surface area contributed by atoms with Crippen molar-refractivity contribution in [3.63, 3.8) is 0 Å². The Morgan fingerprint density at radius 1 is 1.32 bits per heavy atom. The zero-order valence-corrected chi connectivity index (χ0v) is 10.6. The Balaban J connectivity index is 2.25. The third-order valence-electron chi connectivity index (χ3n) is 2.64. The van der Waals surface area contributed by atoms with Gasteiger partial charge in [0, 0.05) is 13.2 Å². The Labute approximate surface area is 111 Å². The van der Waals surface area contributed by atoms with E-state index >= 15 is 0 Å².